The molecule has 0 aliphatic carbocycles. The maximum Gasteiger partial charge on any atom is 0.142 e. The Morgan fingerprint density at radius 2 is 1.60 bits per heavy atom. The summed E-state index contributed by atoms with van der Waals surface area (Å²) in [6.45, 7) is 0.165. The predicted octanol–water partition coefficient (Wildman–Crippen LogP) is 2.87. The van der Waals surface area contributed by atoms with Crippen molar-refractivity contribution in [3.8, 4) is 0 Å². The zero-order valence-corrected chi connectivity index (χ0v) is 11.2. The molecule has 0 aliphatic heterocycles. The van der Waals surface area contributed by atoms with Gasteiger partial charge in [-0.15, -0.1) is 0 Å². The van der Waals surface area contributed by atoms with Crippen LogP contribution in [0.5, 0.6) is 0 Å². The van der Waals surface area contributed by atoms with Gasteiger partial charge in [-0.3, -0.25) is 4.21 Å². The molecule has 106 valence electrons. The van der Waals surface area contributed by atoms with Crippen molar-refractivity contribution in [1.29, 1.82) is 0 Å². The zero-order chi connectivity index (χ0) is 14.7. The van der Waals surface area contributed by atoms with E-state index in [1.165, 1.54) is 18.2 Å². The van der Waals surface area contributed by atoms with Crippen molar-refractivity contribution in [2.24, 2.45) is 5.73 Å². The van der Waals surface area contributed by atoms with Gasteiger partial charge in [0.2, 0.25) is 0 Å². The van der Waals surface area contributed by atoms with Crippen molar-refractivity contribution in [2.45, 2.75) is 17.2 Å². The van der Waals surface area contributed by atoms with E-state index in [1.54, 1.807) is 0 Å². The Hall–Kier alpha value is -1.66. The van der Waals surface area contributed by atoms with Gasteiger partial charge in [-0.2, -0.15) is 0 Å². The summed E-state index contributed by atoms with van der Waals surface area (Å²) in [7, 11) is -1.74. The third-order valence-corrected chi connectivity index (χ3v) is 4.21. The lowest BCUT2D eigenvalue weighted by molar-refractivity contribution is 0.562. The van der Waals surface area contributed by atoms with Crippen molar-refractivity contribution < 1.29 is 17.4 Å². The van der Waals surface area contributed by atoms with Crippen LogP contribution in [0.2, 0.25) is 0 Å². The van der Waals surface area contributed by atoms with E-state index in [2.05, 4.69) is 0 Å². The molecule has 0 bridgehead atoms. The van der Waals surface area contributed by atoms with Gasteiger partial charge in [-0.1, -0.05) is 6.07 Å². The molecule has 1 unspecified atom stereocenters. The SMILES string of the molecule is NCc1ccc(F)cc1CS(=O)c1ccc(F)cc1F. The van der Waals surface area contributed by atoms with Crippen molar-refractivity contribution >= 4 is 10.8 Å². The molecule has 2 aromatic carbocycles. The molecule has 0 radical (unpaired) electrons. The summed E-state index contributed by atoms with van der Waals surface area (Å²) in [5.41, 5.74) is 6.61. The first kappa shape index (κ1) is 14.7. The molecule has 0 aromatic heterocycles. The number of nitrogens with two attached hydrogens (primary N) is 1. The third-order valence-electron chi connectivity index (χ3n) is 2.81. The Kier molecular flexibility index (Phi) is 4.57. The molecule has 2 rings (SSSR count). The Labute approximate surface area is 116 Å². The lowest BCUT2D eigenvalue weighted by Crippen LogP contribution is -2.06. The lowest BCUT2D eigenvalue weighted by atomic mass is 10.1. The second-order valence-corrected chi connectivity index (χ2v) is 5.60. The van der Waals surface area contributed by atoms with Crippen LogP contribution in [0.4, 0.5) is 13.2 Å². The van der Waals surface area contributed by atoms with Crippen LogP contribution in [-0.4, -0.2) is 4.21 Å². The highest BCUT2D eigenvalue weighted by Gasteiger charge is 2.14. The molecule has 0 spiro atoms. The first-order valence-corrected chi connectivity index (χ1v) is 7.14. The first-order chi connectivity index (χ1) is 9.51. The fourth-order valence-electron chi connectivity index (χ4n) is 1.81. The first-order valence-electron chi connectivity index (χ1n) is 5.82. The normalized spacial score (nSPS) is 12.4. The number of rotatable bonds is 4. The molecule has 2 N–H and O–H groups in total. The average molecular weight is 299 g/mol. The van der Waals surface area contributed by atoms with Gasteiger partial charge in [-0.25, -0.2) is 13.2 Å². The van der Waals surface area contributed by atoms with E-state index in [1.807, 2.05) is 0 Å². The monoisotopic (exact) mass is 299 g/mol. The minimum absolute atomic E-state index is 0.0765. The Bertz CT molecular complexity index is 661. The van der Waals surface area contributed by atoms with Gasteiger partial charge < -0.3 is 5.73 Å². The minimum atomic E-state index is -1.74. The van der Waals surface area contributed by atoms with Gasteiger partial charge in [0.1, 0.15) is 17.5 Å². The molecule has 6 heteroatoms. The summed E-state index contributed by atoms with van der Waals surface area (Å²) in [6.07, 6.45) is 0. The van der Waals surface area contributed by atoms with Crippen LogP contribution in [0.25, 0.3) is 0 Å². The van der Waals surface area contributed by atoms with Crippen LogP contribution >= 0.6 is 0 Å². The van der Waals surface area contributed by atoms with Crippen LogP contribution < -0.4 is 5.73 Å². The van der Waals surface area contributed by atoms with Crippen molar-refractivity contribution in [2.75, 3.05) is 0 Å². The van der Waals surface area contributed by atoms with Crippen molar-refractivity contribution in [1.82, 2.24) is 0 Å². The Morgan fingerprint density at radius 1 is 0.950 bits per heavy atom. The molecule has 2 nitrogen and oxygen atoms in total. The number of halogens is 3. The third kappa shape index (κ3) is 3.26. The molecule has 0 heterocycles. The summed E-state index contributed by atoms with van der Waals surface area (Å²) in [6, 6.07) is 6.81. The van der Waals surface area contributed by atoms with Crippen LogP contribution in [0.15, 0.2) is 41.3 Å². The molecule has 0 fully saturated rings. The molecule has 0 saturated heterocycles. The van der Waals surface area contributed by atoms with Gasteiger partial charge in [0.25, 0.3) is 0 Å². The molecular formula is C14H12F3NOS. The van der Waals surface area contributed by atoms with Crippen LogP contribution in [0.1, 0.15) is 11.1 Å². The topological polar surface area (TPSA) is 43.1 Å². The van der Waals surface area contributed by atoms with E-state index >= 15 is 0 Å². The van der Waals surface area contributed by atoms with E-state index in [0.29, 0.717) is 17.2 Å². The summed E-state index contributed by atoms with van der Waals surface area (Å²) in [5.74, 6) is -2.17. The Balaban J connectivity index is 2.30. The average Bonchev–Trinajstić information content (AvgIpc) is 2.38. The summed E-state index contributed by atoms with van der Waals surface area (Å²) >= 11 is 0. The maximum atomic E-state index is 13.5. The maximum absolute atomic E-state index is 13.5. The number of benzene rings is 2. The van der Waals surface area contributed by atoms with Crippen LogP contribution in [0.3, 0.4) is 0 Å². The highest BCUT2D eigenvalue weighted by Crippen LogP contribution is 2.20. The molecule has 0 amide bonds. The van der Waals surface area contributed by atoms with E-state index in [-0.39, 0.29) is 17.2 Å². The van der Waals surface area contributed by atoms with E-state index in [4.69, 9.17) is 5.73 Å². The van der Waals surface area contributed by atoms with Gasteiger partial charge in [-0.05, 0) is 35.4 Å². The highest BCUT2D eigenvalue weighted by atomic mass is 32.2. The van der Waals surface area contributed by atoms with Gasteiger partial charge in [0.05, 0.1) is 21.4 Å². The highest BCUT2D eigenvalue weighted by molar-refractivity contribution is 7.84. The van der Waals surface area contributed by atoms with Crippen LogP contribution in [-0.2, 0) is 23.1 Å². The second kappa shape index (κ2) is 6.19. The van der Waals surface area contributed by atoms with Gasteiger partial charge in [0.15, 0.2) is 0 Å². The molecule has 0 aliphatic rings. The molecule has 20 heavy (non-hydrogen) atoms. The smallest absolute Gasteiger partial charge is 0.142 e. The van der Waals surface area contributed by atoms with Crippen molar-refractivity contribution in [3.63, 3.8) is 0 Å². The van der Waals surface area contributed by atoms with E-state index in [0.717, 1.165) is 12.1 Å². The van der Waals surface area contributed by atoms with Crippen molar-refractivity contribution in [3.05, 3.63) is 65.0 Å². The van der Waals surface area contributed by atoms with E-state index in [9.17, 15) is 17.4 Å². The standard InChI is InChI=1S/C14H12F3NOS/c15-11-2-1-9(7-18)10(5-11)8-20(19)14-4-3-12(16)6-13(14)17/h1-6H,7-8,18H2. The van der Waals surface area contributed by atoms with E-state index < -0.39 is 28.3 Å². The largest absolute Gasteiger partial charge is 0.326 e. The fraction of sp³-hybridized carbons (Fsp3) is 0.143. The Morgan fingerprint density at radius 3 is 2.25 bits per heavy atom. The summed E-state index contributed by atoms with van der Waals surface area (Å²) in [5, 5.41) is 0. The van der Waals surface area contributed by atoms with Gasteiger partial charge in [0, 0.05) is 12.6 Å². The number of hydrogen-bond donors (Lipinski definition) is 1. The molecule has 1 atom stereocenters. The summed E-state index contributed by atoms with van der Waals surface area (Å²) < 4.78 is 51.7. The molecular weight excluding hydrogens is 287 g/mol. The molecule has 0 saturated carbocycles. The summed E-state index contributed by atoms with van der Waals surface area (Å²) in [4.78, 5) is -0.112. The van der Waals surface area contributed by atoms with Gasteiger partial charge >= 0.3 is 0 Å². The van der Waals surface area contributed by atoms with Crippen LogP contribution in [0, 0.1) is 17.5 Å². The fourth-order valence-corrected chi connectivity index (χ4v) is 3.01. The number of hydrogen-bond acceptors (Lipinski definition) is 2. The molecule has 2 aromatic rings. The minimum Gasteiger partial charge on any atom is -0.326 e. The lowest BCUT2D eigenvalue weighted by Gasteiger charge is -2.08. The predicted molar refractivity (Wildman–Crippen MR) is 70.8 cm³/mol. The quantitative estimate of drug-likeness (QED) is 0.943. The zero-order valence-electron chi connectivity index (χ0n) is 10.4. The second-order valence-electron chi connectivity index (χ2n) is 4.18.